The first-order valence-corrected chi connectivity index (χ1v) is 9.59. The van der Waals surface area contributed by atoms with E-state index in [2.05, 4.69) is 5.32 Å². The van der Waals surface area contributed by atoms with E-state index in [1.54, 1.807) is 39.0 Å². The number of sulfonamides is 1. The van der Waals surface area contributed by atoms with Crippen LogP contribution in [0.15, 0.2) is 18.2 Å². The molecule has 1 aliphatic heterocycles. The van der Waals surface area contributed by atoms with Crippen LogP contribution in [-0.2, 0) is 14.8 Å². The number of carbonyl (C=O) groups excluding carboxylic acids is 1. The fourth-order valence-electron chi connectivity index (χ4n) is 2.55. The number of benzene rings is 1. The van der Waals surface area contributed by atoms with E-state index < -0.39 is 15.6 Å². The first-order valence-electron chi connectivity index (χ1n) is 7.75. The maximum atomic E-state index is 12.1. The molecule has 0 aromatic heterocycles. The highest BCUT2D eigenvalue weighted by Gasteiger charge is 2.29. The first kappa shape index (κ1) is 18.5. The van der Waals surface area contributed by atoms with Crippen molar-refractivity contribution in [3.8, 4) is 11.5 Å². The Bertz CT molecular complexity index is 710. The summed E-state index contributed by atoms with van der Waals surface area (Å²) in [5, 5.41) is 2.75. The van der Waals surface area contributed by atoms with E-state index >= 15 is 0 Å². The van der Waals surface area contributed by atoms with Gasteiger partial charge in [0, 0.05) is 30.3 Å². The van der Waals surface area contributed by atoms with Crippen LogP contribution in [0.4, 0.5) is 5.69 Å². The number of rotatable bonds is 5. The lowest BCUT2D eigenvalue weighted by Crippen LogP contribution is -2.46. The minimum atomic E-state index is -3.39. The monoisotopic (exact) mass is 356 g/mol. The van der Waals surface area contributed by atoms with Gasteiger partial charge < -0.3 is 14.8 Å². The van der Waals surface area contributed by atoms with Gasteiger partial charge in [-0.2, -0.15) is 4.31 Å². The number of anilines is 1. The van der Waals surface area contributed by atoms with Crippen LogP contribution in [0.1, 0.15) is 27.2 Å². The van der Waals surface area contributed by atoms with E-state index in [1.807, 2.05) is 0 Å². The number of carbonyl (C=O) groups is 1. The predicted octanol–water partition coefficient (Wildman–Crippen LogP) is 1.85. The van der Waals surface area contributed by atoms with Gasteiger partial charge in [0.2, 0.25) is 15.9 Å². The zero-order valence-electron chi connectivity index (χ0n) is 14.5. The molecule has 0 bridgehead atoms. The van der Waals surface area contributed by atoms with Crippen molar-refractivity contribution in [1.29, 1.82) is 0 Å². The third-order valence-corrected chi connectivity index (χ3v) is 5.05. The highest BCUT2D eigenvalue weighted by atomic mass is 32.2. The molecule has 1 aromatic carbocycles. The molecular formula is C16H24N2O5S. The number of amides is 1. The summed E-state index contributed by atoms with van der Waals surface area (Å²) in [6.45, 7) is 6.50. The average molecular weight is 356 g/mol. The van der Waals surface area contributed by atoms with Crippen molar-refractivity contribution >= 4 is 21.6 Å². The Balaban J connectivity index is 1.98. The molecule has 8 heteroatoms. The quantitative estimate of drug-likeness (QED) is 0.870. The number of hydrogen-bond donors (Lipinski definition) is 1. The minimum Gasteiger partial charge on any atom is -0.486 e. The zero-order valence-corrected chi connectivity index (χ0v) is 15.3. The summed E-state index contributed by atoms with van der Waals surface area (Å²) in [5.74, 6) is 0.978. The molecule has 1 aromatic rings. The van der Waals surface area contributed by atoms with Gasteiger partial charge >= 0.3 is 0 Å². The molecule has 7 nitrogen and oxygen atoms in total. The van der Waals surface area contributed by atoms with Crippen molar-refractivity contribution in [2.45, 2.75) is 32.7 Å². The van der Waals surface area contributed by atoms with Gasteiger partial charge in [-0.25, -0.2) is 8.42 Å². The van der Waals surface area contributed by atoms with E-state index in [0.29, 0.717) is 30.4 Å². The van der Waals surface area contributed by atoms with Crippen LogP contribution in [0.25, 0.3) is 0 Å². The second-order valence-corrected chi connectivity index (χ2v) is 8.57. The third kappa shape index (κ3) is 4.85. The standard InChI is InChI=1S/C16H24N2O5S/c1-16(2,3)18(24(4,20)21)8-7-15(19)17-12-5-6-13-14(11-12)23-10-9-22-13/h5-6,11H,7-10H2,1-4H3,(H,17,19). The van der Waals surface area contributed by atoms with E-state index in [-0.39, 0.29) is 18.9 Å². The number of fused-ring (bicyclic) bond motifs is 1. The fourth-order valence-corrected chi connectivity index (χ4v) is 3.96. The molecule has 0 saturated carbocycles. The maximum absolute atomic E-state index is 12.1. The lowest BCUT2D eigenvalue weighted by molar-refractivity contribution is -0.116. The summed E-state index contributed by atoms with van der Waals surface area (Å²) in [4.78, 5) is 12.1. The number of nitrogens with zero attached hydrogens (tertiary/aromatic N) is 1. The van der Waals surface area contributed by atoms with Gasteiger partial charge in [-0.15, -0.1) is 0 Å². The molecule has 1 aliphatic rings. The van der Waals surface area contributed by atoms with Gasteiger partial charge in [-0.1, -0.05) is 0 Å². The van der Waals surface area contributed by atoms with Crippen molar-refractivity contribution in [3.63, 3.8) is 0 Å². The molecule has 0 fully saturated rings. The van der Waals surface area contributed by atoms with Crippen LogP contribution in [0.5, 0.6) is 11.5 Å². The Morgan fingerprint density at radius 3 is 2.42 bits per heavy atom. The Hall–Kier alpha value is -1.80. The van der Waals surface area contributed by atoms with Gasteiger partial charge in [-0.05, 0) is 32.9 Å². The lowest BCUT2D eigenvalue weighted by atomic mass is 10.1. The van der Waals surface area contributed by atoms with Crippen LogP contribution in [0.3, 0.4) is 0 Å². The first-order chi connectivity index (χ1) is 11.1. The third-order valence-electron chi connectivity index (χ3n) is 3.52. The Kier molecular flexibility index (Phi) is 5.39. The molecule has 0 spiro atoms. The van der Waals surface area contributed by atoms with Gasteiger partial charge in [0.25, 0.3) is 0 Å². The number of ether oxygens (including phenoxy) is 2. The largest absolute Gasteiger partial charge is 0.486 e. The van der Waals surface area contributed by atoms with Crippen LogP contribution >= 0.6 is 0 Å². The molecule has 0 aliphatic carbocycles. The minimum absolute atomic E-state index is 0.0682. The molecule has 1 amide bonds. The van der Waals surface area contributed by atoms with Gasteiger partial charge in [0.15, 0.2) is 11.5 Å². The lowest BCUT2D eigenvalue weighted by Gasteiger charge is -2.33. The van der Waals surface area contributed by atoms with E-state index in [9.17, 15) is 13.2 Å². The van der Waals surface area contributed by atoms with E-state index in [1.165, 1.54) is 4.31 Å². The summed E-state index contributed by atoms with van der Waals surface area (Å²) in [6, 6.07) is 5.16. The summed E-state index contributed by atoms with van der Waals surface area (Å²) in [6.07, 6.45) is 1.22. The van der Waals surface area contributed by atoms with Gasteiger partial charge in [0.05, 0.1) is 6.26 Å². The molecule has 2 rings (SSSR count). The summed E-state index contributed by atoms with van der Waals surface area (Å²) in [7, 11) is -3.39. The van der Waals surface area contributed by atoms with E-state index in [0.717, 1.165) is 6.26 Å². The average Bonchev–Trinajstić information content (AvgIpc) is 2.44. The van der Waals surface area contributed by atoms with Gasteiger partial charge in [-0.3, -0.25) is 4.79 Å². The fraction of sp³-hybridized carbons (Fsp3) is 0.562. The Labute approximate surface area is 143 Å². The molecule has 0 atom stereocenters. The molecule has 0 unspecified atom stereocenters. The topological polar surface area (TPSA) is 84.9 Å². The molecular weight excluding hydrogens is 332 g/mol. The summed E-state index contributed by atoms with van der Waals surface area (Å²) in [5.41, 5.74) is 0.0103. The number of nitrogens with one attached hydrogen (secondary N) is 1. The van der Waals surface area contributed by atoms with Crippen molar-refractivity contribution in [2.24, 2.45) is 0 Å². The number of hydrogen-bond acceptors (Lipinski definition) is 5. The molecule has 134 valence electrons. The van der Waals surface area contributed by atoms with Gasteiger partial charge in [0.1, 0.15) is 13.2 Å². The van der Waals surface area contributed by atoms with E-state index in [4.69, 9.17) is 9.47 Å². The maximum Gasteiger partial charge on any atom is 0.225 e. The van der Waals surface area contributed by atoms with Crippen LogP contribution in [0.2, 0.25) is 0 Å². The second kappa shape index (κ2) is 6.98. The zero-order chi connectivity index (χ0) is 18.0. The molecule has 0 saturated heterocycles. The smallest absolute Gasteiger partial charge is 0.225 e. The van der Waals surface area contributed by atoms with Crippen LogP contribution in [-0.4, -0.2) is 50.2 Å². The highest BCUT2D eigenvalue weighted by Crippen LogP contribution is 2.32. The Morgan fingerprint density at radius 1 is 1.21 bits per heavy atom. The molecule has 1 heterocycles. The molecule has 24 heavy (non-hydrogen) atoms. The van der Waals surface area contributed by atoms with Crippen molar-refractivity contribution in [2.75, 3.05) is 31.3 Å². The highest BCUT2D eigenvalue weighted by molar-refractivity contribution is 7.88. The van der Waals surface area contributed by atoms with Crippen molar-refractivity contribution < 1.29 is 22.7 Å². The second-order valence-electron chi connectivity index (χ2n) is 6.66. The normalized spacial score (nSPS) is 14.5. The SMILES string of the molecule is CC(C)(C)N(CCC(=O)Nc1ccc2c(c1)OCCO2)S(C)(=O)=O. The Morgan fingerprint density at radius 2 is 1.83 bits per heavy atom. The molecule has 1 N–H and O–H groups in total. The van der Waals surface area contributed by atoms with Crippen LogP contribution in [0, 0.1) is 0 Å². The van der Waals surface area contributed by atoms with Crippen molar-refractivity contribution in [1.82, 2.24) is 4.31 Å². The summed E-state index contributed by atoms with van der Waals surface area (Å²) < 4.78 is 36.0. The summed E-state index contributed by atoms with van der Waals surface area (Å²) >= 11 is 0. The molecule has 0 radical (unpaired) electrons. The van der Waals surface area contributed by atoms with Crippen LogP contribution < -0.4 is 14.8 Å². The predicted molar refractivity (Wildman–Crippen MR) is 92.0 cm³/mol. The van der Waals surface area contributed by atoms with Crippen molar-refractivity contribution in [3.05, 3.63) is 18.2 Å².